The van der Waals surface area contributed by atoms with E-state index in [1.54, 1.807) is 6.07 Å². The van der Waals surface area contributed by atoms with E-state index in [1.807, 2.05) is 25.1 Å². The van der Waals surface area contributed by atoms with Crippen LogP contribution in [0, 0.1) is 0 Å². The van der Waals surface area contributed by atoms with Gasteiger partial charge in [0.05, 0.1) is 16.8 Å². The van der Waals surface area contributed by atoms with Gasteiger partial charge >= 0.3 is 0 Å². The molecule has 1 N–H and O–H groups in total. The molecule has 1 heterocycles. The lowest BCUT2D eigenvalue weighted by molar-refractivity contribution is -0.120. The molecule has 3 nitrogen and oxygen atoms in total. The summed E-state index contributed by atoms with van der Waals surface area (Å²) in [6.07, 6.45) is 2.37. The Kier molecular flexibility index (Phi) is 4.02. The molecule has 17 heavy (non-hydrogen) atoms. The zero-order chi connectivity index (χ0) is 12.3. The summed E-state index contributed by atoms with van der Waals surface area (Å²) in [7, 11) is 0. The van der Waals surface area contributed by atoms with E-state index in [1.165, 1.54) is 12.8 Å². The van der Waals surface area contributed by atoms with Crippen LogP contribution in [0.1, 0.15) is 19.8 Å². The molecule has 92 valence electrons. The van der Waals surface area contributed by atoms with Crippen LogP contribution in [0.3, 0.4) is 0 Å². The van der Waals surface area contributed by atoms with Gasteiger partial charge in [-0.2, -0.15) is 0 Å². The van der Waals surface area contributed by atoms with Crippen molar-refractivity contribution in [3.63, 3.8) is 0 Å². The monoisotopic (exact) mass is 252 g/mol. The zero-order valence-electron chi connectivity index (χ0n) is 9.95. The molecule has 0 radical (unpaired) electrons. The van der Waals surface area contributed by atoms with E-state index in [-0.39, 0.29) is 11.9 Å². The second-order valence-corrected chi connectivity index (χ2v) is 4.80. The maximum Gasteiger partial charge on any atom is 0.241 e. The molecule has 0 unspecified atom stereocenters. The van der Waals surface area contributed by atoms with Crippen molar-refractivity contribution in [1.82, 2.24) is 4.90 Å². The van der Waals surface area contributed by atoms with Crippen LogP contribution >= 0.6 is 11.6 Å². The smallest absolute Gasteiger partial charge is 0.241 e. The van der Waals surface area contributed by atoms with Crippen LogP contribution in [0.5, 0.6) is 0 Å². The van der Waals surface area contributed by atoms with E-state index in [2.05, 4.69) is 10.2 Å². The second-order valence-electron chi connectivity index (χ2n) is 4.39. The molecule has 1 saturated heterocycles. The second kappa shape index (κ2) is 5.52. The summed E-state index contributed by atoms with van der Waals surface area (Å²) in [5.74, 6) is 0.0139. The number of carbonyl (C=O) groups is 1. The fourth-order valence-electron chi connectivity index (χ4n) is 2.09. The van der Waals surface area contributed by atoms with Crippen LogP contribution in [-0.4, -0.2) is 29.9 Å². The lowest BCUT2D eigenvalue weighted by atomic mass is 10.2. The van der Waals surface area contributed by atoms with Crippen LogP contribution < -0.4 is 5.32 Å². The molecule has 1 aromatic rings. The van der Waals surface area contributed by atoms with E-state index < -0.39 is 0 Å². The predicted molar refractivity (Wildman–Crippen MR) is 70.4 cm³/mol. The van der Waals surface area contributed by atoms with Gasteiger partial charge in [0.2, 0.25) is 5.91 Å². The Bertz CT molecular complexity index is 402. The number of halogens is 1. The number of likely N-dealkylation sites (tertiary alicyclic amines) is 1. The third-order valence-electron chi connectivity index (χ3n) is 3.20. The maximum absolute atomic E-state index is 12.0. The lowest BCUT2D eigenvalue weighted by Crippen LogP contribution is -2.40. The Labute approximate surface area is 107 Å². The molecule has 0 saturated carbocycles. The Morgan fingerprint density at radius 1 is 1.35 bits per heavy atom. The summed E-state index contributed by atoms with van der Waals surface area (Å²) in [6.45, 7) is 3.96. The highest BCUT2D eigenvalue weighted by Crippen LogP contribution is 2.21. The van der Waals surface area contributed by atoms with Crippen molar-refractivity contribution >= 4 is 23.2 Å². The molecule has 1 aliphatic heterocycles. The van der Waals surface area contributed by atoms with Crippen molar-refractivity contribution in [2.45, 2.75) is 25.8 Å². The molecule has 0 spiro atoms. The highest BCUT2D eigenvalue weighted by atomic mass is 35.5. The zero-order valence-corrected chi connectivity index (χ0v) is 10.7. The first-order valence-corrected chi connectivity index (χ1v) is 6.36. The van der Waals surface area contributed by atoms with Gasteiger partial charge in [-0.25, -0.2) is 0 Å². The van der Waals surface area contributed by atoms with Gasteiger partial charge in [-0.1, -0.05) is 23.7 Å². The normalized spacial score (nSPS) is 18.0. The number of amides is 1. The van der Waals surface area contributed by atoms with Gasteiger partial charge in [0.25, 0.3) is 0 Å². The Morgan fingerprint density at radius 3 is 2.65 bits per heavy atom. The lowest BCUT2D eigenvalue weighted by Gasteiger charge is -2.22. The topological polar surface area (TPSA) is 32.3 Å². The van der Waals surface area contributed by atoms with Gasteiger partial charge in [0.1, 0.15) is 0 Å². The predicted octanol–water partition coefficient (Wildman–Crippen LogP) is 2.76. The largest absolute Gasteiger partial charge is 0.323 e. The van der Waals surface area contributed by atoms with Gasteiger partial charge in [0.15, 0.2) is 0 Å². The SMILES string of the molecule is C[C@@H](C(=O)Nc1ccccc1Cl)N1CCCC1. The third kappa shape index (κ3) is 2.99. The number of nitrogens with zero attached hydrogens (tertiary/aromatic N) is 1. The third-order valence-corrected chi connectivity index (χ3v) is 3.53. The molecule has 4 heteroatoms. The number of carbonyl (C=O) groups excluding carboxylic acids is 1. The van der Waals surface area contributed by atoms with Gasteiger partial charge < -0.3 is 5.32 Å². The van der Waals surface area contributed by atoms with E-state index in [0.29, 0.717) is 10.7 Å². The van der Waals surface area contributed by atoms with Crippen molar-refractivity contribution in [1.29, 1.82) is 0 Å². The quantitative estimate of drug-likeness (QED) is 0.897. The first kappa shape index (κ1) is 12.4. The summed E-state index contributed by atoms with van der Waals surface area (Å²) < 4.78 is 0. The van der Waals surface area contributed by atoms with E-state index in [0.717, 1.165) is 13.1 Å². The summed E-state index contributed by atoms with van der Waals surface area (Å²) >= 11 is 6.00. The summed E-state index contributed by atoms with van der Waals surface area (Å²) in [5, 5.41) is 3.45. The first-order valence-electron chi connectivity index (χ1n) is 5.98. The average Bonchev–Trinajstić information content (AvgIpc) is 2.84. The van der Waals surface area contributed by atoms with Crippen molar-refractivity contribution in [3.05, 3.63) is 29.3 Å². The highest BCUT2D eigenvalue weighted by Gasteiger charge is 2.24. The Balaban J connectivity index is 1.99. The van der Waals surface area contributed by atoms with Crippen molar-refractivity contribution < 1.29 is 4.79 Å². The number of hydrogen-bond donors (Lipinski definition) is 1. The number of nitrogens with one attached hydrogen (secondary N) is 1. The molecular weight excluding hydrogens is 236 g/mol. The van der Waals surface area contributed by atoms with Crippen molar-refractivity contribution in [3.8, 4) is 0 Å². The van der Waals surface area contributed by atoms with E-state index in [9.17, 15) is 4.79 Å². The van der Waals surface area contributed by atoms with Gasteiger partial charge in [0, 0.05) is 0 Å². The molecule has 1 aliphatic rings. The molecule has 0 aromatic heterocycles. The number of benzene rings is 1. The average molecular weight is 253 g/mol. The molecule has 1 fully saturated rings. The van der Waals surface area contributed by atoms with Crippen LogP contribution in [0.4, 0.5) is 5.69 Å². The molecule has 0 aliphatic carbocycles. The van der Waals surface area contributed by atoms with Crippen LogP contribution in [-0.2, 0) is 4.79 Å². The van der Waals surface area contributed by atoms with E-state index >= 15 is 0 Å². The fourth-order valence-corrected chi connectivity index (χ4v) is 2.28. The van der Waals surface area contributed by atoms with Gasteiger partial charge in [-0.15, -0.1) is 0 Å². The number of para-hydroxylation sites is 1. The minimum Gasteiger partial charge on any atom is -0.323 e. The number of hydrogen-bond acceptors (Lipinski definition) is 2. The number of anilines is 1. The molecule has 1 atom stereocenters. The molecule has 0 bridgehead atoms. The van der Waals surface area contributed by atoms with E-state index in [4.69, 9.17) is 11.6 Å². The summed E-state index contributed by atoms with van der Waals surface area (Å²) in [5.41, 5.74) is 0.685. The van der Waals surface area contributed by atoms with Gasteiger partial charge in [-0.05, 0) is 45.0 Å². The van der Waals surface area contributed by atoms with Gasteiger partial charge in [-0.3, -0.25) is 9.69 Å². The minimum atomic E-state index is -0.0891. The van der Waals surface area contributed by atoms with Crippen molar-refractivity contribution in [2.24, 2.45) is 0 Å². The van der Waals surface area contributed by atoms with Crippen LogP contribution in [0.25, 0.3) is 0 Å². The minimum absolute atomic E-state index is 0.0139. The van der Waals surface area contributed by atoms with Crippen molar-refractivity contribution in [2.75, 3.05) is 18.4 Å². The molecule has 2 rings (SSSR count). The number of rotatable bonds is 3. The maximum atomic E-state index is 12.0. The molecule has 1 amide bonds. The molecular formula is C13H17ClN2O. The van der Waals surface area contributed by atoms with Crippen LogP contribution in [0.2, 0.25) is 5.02 Å². The summed E-state index contributed by atoms with van der Waals surface area (Å²) in [4.78, 5) is 14.2. The Hall–Kier alpha value is -1.06. The summed E-state index contributed by atoms with van der Waals surface area (Å²) in [6, 6.07) is 7.21. The highest BCUT2D eigenvalue weighted by molar-refractivity contribution is 6.33. The Morgan fingerprint density at radius 2 is 2.00 bits per heavy atom. The molecule has 1 aromatic carbocycles. The van der Waals surface area contributed by atoms with Crippen LogP contribution in [0.15, 0.2) is 24.3 Å². The fraction of sp³-hybridized carbons (Fsp3) is 0.462. The first-order chi connectivity index (χ1) is 8.18. The standard InChI is InChI=1S/C13H17ClN2O/c1-10(16-8-4-5-9-16)13(17)15-12-7-3-2-6-11(12)14/h2-3,6-7,10H,4-5,8-9H2,1H3,(H,15,17)/t10-/m0/s1.